The van der Waals surface area contributed by atoms with Gasteiger partial charge in [0.1, 0.15) is 11.5 Å². The molecular formula is C19H25N3O3. The van der Waals surface area contributed by atoms with Gasteiger partial charge in [-0.2, -0.15) is 0 Å². The summed E-state index contributed by atoms with van der Waals surface area (Å²) in [6, 6.07) is 10.0. The Labute approximate surface area is 148 Å². The minimum absolute atomic E-state index is 0.0421. The Bertz CT molecular complexity index is 705. The Kier molecular flexibility index (Phi) is 5.71. The number of amides is 1. The second-order valence-corrected chi connectivity index (χ2v) is 6.65. The van der Waals surface area contributed by atoms with Crippen molar-refractivity contribution >= 4 is 11.7 Å². The first-order chi connectivity index (χ1) is 12.1. The lowest BCUT2D eigenvalue weighted by Crippen LogP contribution is -2.39. The van der Waals surface area contributed by atoms with Gasteiger partial charge in [0.05, 0.1) is 13.7 Å². The number of carbonyl (C=O) groups excluding carboxylic acids is 1. The minimum Gasteiger partial charge on any atom is -0.497 e. The summed E-state index contributed by atoms with van der Waals surface area (Å²) in [4.78, 5) is 14.3. The molecule has 1 aliphatic heterocycles. The topological polar surface area (TPSA) is 67.6 Å². The third-order valence-corrected chi connectivity index (χ3v) is 4.63. The van der Waals surface area contributed by atoms with Gasteiger partial charge in [-0.25, -0.2) is 0 Å². The van der Waals surface area contributed by atoms with Crippen LogP contribution in [0.25, 0.3) is 0 Å². The standard InChI is InChI=1S/C19H25N3O3/c1-14-10-18(21-25-14)20-19(23)13-22-8-6-15(7-9-22)11-16-4-3-5-17(12-16)24-2/h3-5,10,12,15H,6-9,11,13H2,1-2H3,(H,20,21,23). The van der Waals surface area contributed by atoms with Crippen molar-refractivity contribution in [2.24, 2.45) is 5.92 Å². The van der Waals surface area contributed by atoms with Gasteiger partial charge in [-0.1, -0.05) is 17.3 Å². The number of aromatic nitrogens is 1. The maximum absolute atomic E-state index is 12.1. The van der Waals surface area contributed by atoms with E-state index in [9.17, 15) is 4.79 Å². The molecule has 2 aromatic rings. The third kappa shape index (κ3) is 5.06. The summed E-state index contributed by atoms with van der Waals surface area (Å²) in [6.45, 7) is 4.09. The van der Waals surface area contributed by atoms with Gasteiger partial charge in [0.15, 0.2) is 5.82 Å². The third-order valence-electron chi connectivity index (χ3n) is 4.63. The van der Waals surface area contributed by atoms with Gasteiger partial charge in [-0.15, -0.1) is 0 Å². The largest absolute Gasteiger partial charge is 0.497 e. The van der Waals surface area contributed by atoms with Crippen molar-refractivity contribution in [1.29, 1.82) is 0 Å². The van der Waals surface area contributed by atoms with Crippen LogP contribution in [0.2, 0.25) is 0 Å². The predicted octanol–water partition coefficient (Wildman–Crippen LogP) is 2.88. The number of hydrogen-bond donors (Lipinski definition) is 1. The number of carbonyl (C=O) groups is 1. The van der Waals surface area contributed by atoms with Gasteiger partial charge >= 0.3 is 0 Å². The summed E-state index contributed by atoms with van der Waals surface area (Å²) < 4.78 is 10.2. The quantitative estimate of drug-likeness (QED) is 0.873. The van der Waals surface area contributed by atoms with Crippen molar-refractivity contribution < 1.29 is 14.1 Å². The summed E-state index contributed by atoms with van der Waals surface area (Å²) >= 11 is 0. The van der Waals surface area contributed by atoms with Crippen LogP contribution < -0.4 is 10.1 Å². The Balaban J connectivity index is 1.42. The molecule has 1 aliphatic rings. The number of aryl methyl sites for hydroxylation is 1. The van der Waals surface area contributed by atoms with Gasteiger partial charge in [0.25, 0.3) is 0 Å². The number of hydrogen-bond acceptors (Lipinski definition) is 5. The zero-order valence-electron chi connectivity index (χ0n) is 14.8. The van der Waals surface area contributed by atoms with Crippen molar-refractivity contribution in [3.8, 4) is 5.75 Å². The molecule has 1 amide bonds. The first-order valence-electron chi connectivity index (χ1n) is 8.71. The van der Waals surface area contributed by atoms with Crippen LogP contribution in [0.3, 0.4) is 0 Å². The Hall–Kier alpha value is -2.34. The fourth-order valence-electron chi connectivity index (χ4n) is 3.29. The zero-order chi connectivity index (χ0) is 17.6. The number of benzene rings is 1. The first-order valence-corrected chi connectivity index (χ1v) is 8.71. The van der Waals surface area contributed by atoms with E-state index in [2.05, 4.69) is 27.5 Å². The van der Waals surface area contributed by atoms with Gasteiger partial charge in [0, 0.05) is 6.07 Å². The molecule has 0 aliphatic carbocycles. The number of anilines is 1. The van der Waals surface area contributed by atoms with Crippen LogP contribution in [0.15, 0.2) is 34.9 Å². The van der Waals surface area contributed by atoms with E-state index in [0.29, 0.717) is 24.0 Å². The second kappa shape index (κ2) is 8.16. The lowest BCUT2D eigenvalue weighted by molar-refractivity contribution is -0.117. The van der Waals surface area contributed by atoms with E-state index in [4.69, 9.17) is 9.26 Å². The highest BCUT2D eigenvalue weighted by molar-refractivity contribution is 5.91. The summed E-state index contributed by atoms with van der Waals surface area (Å²) in [6.07, 6.45) is 3.27. The monoisotopic (exact) mass is 343 g/mol. The molecule has 0 radical (unpaired) electrons. The van der Waals surface area contributed by atoms with Crippen LogP contribution in [-0.2, 0) is 11.2 Å². The number of rotatable bonds is 6. The lowest BCUT2D eigenvalue weighted by Gasteiger charge is -2.31. The highest BCUT2D eigenvalue weighted by atomic mass is 16.5. The maximum atomic E-state index is 12.1. The van der Waals surface area contributed by atoms with E-state index >= 15 is 0 Å². The van der Waals surface area contributed by atoms with Crippen molar-refractivity contribution in [2.75, 3.05) is 32.1 Å². The van der Waals surface area contributed by atoms with Crippen molar-refractivity contribution in [2.45, 2.75) is 26.2 Å². The zero-order valence-corrected chi connectivity index (χ0v) is 14.8. The number of likely N-dealkylation sites (tertiary alicyclic amines) is 1. The Morgan fingerprint density at radius 1 is 1.36 bits per heavy atom. The number of piperidine rings is 1. The summed E-state index contributed by atoms with van der Waals surface area (Å²) in [5, 5.41) is 6.56. The average molecular weight is 343 g/mol. The molecule has 1 fully saturated rings. The lowest BCUT2D eigenvalue weighted by atomic mass is 9.90. The molecule has 0 bridgehead atoms. The van der Waals surface area contributed by atoms with Crippen LogP contribution in [0, 0.1) is 12.8 Å². The molecule has 1 N–H and O–H groups in total. The van der Waals surface area contributed by atoms with Crippen LogP contribution >= 0.6 is 0 Å². The molecular weight excluding hydrogens is 318 g/mol. The summed E-state index contributed by atoms with van der Waals surface area (Å²) in [7, 11) is 1.70. The van der Waals surface area contributed by atoms with Gasteiger partial charge in [0.2, 0.25) is 5.91 Å². The van der Waals surface area contributed by atoms with E-state index in [1.54, 1.807) is 20.1 Å². The number of nitrogens with one attached hydrogen (secondary N) is 1. The Morgan fingerprint density at radius 2 is 2.16 bits per heavy atom. The first kappa shape index (κ1) is 17.5. The fourth-order valence-corrected chi connectivity index (χ4v) is 3.29. The van der Waals surface area contributed by atoms with Crippen LogP contribution in [0.1, 0.15) is 24.2 Å². The summed E-state index contributed by atoms with van der Waals surface area (Å²) in [5.74, 6) is 2.70. The average Bonchev–Trinajstić information content (AvgIpc) is 3.01. The van der Waals surface area contributed by atoms with Crippen LogP contribution in [-0.4, -0.2) is 42.7 Å². The predicted molar refractivity (Wildman–Crippen MR) is 95.7 cm³/mol. The molecule has 134 valence electrons. The van der Waals surface area contributed by atoms with E-state index < -0.39 is 0 Å². The van der Waals surface area contributed by atoms with Gasteiger partial charge in [-0.3, -0.25) is 9.69 Å². The normalized spacial score (nSPS) is 15.9. The highest BCUT2D eigenvalue weighted by Crippen LogP contribution is 2.23. The molecule has 1 aromatic carbocycles. The smallest absolute Gasteiger partial charge is 0.239 e. The Morgan fingerprint density at radius 3 is 2.84 bits per heavy atom. The molecule has 6 nitrogen and oxygen atoms in total. The number of ether oxygens (including phenoxy) is 1. The highest BCUT2D eigenvalue weighted by Gasteiger charge is 2.21. The number of methoxy groups -OCH3 is 1. The van der Waals surface area contributed by atoms with E-state index in [-0.39, 0.29) is 5.91 Å². The fraction of sp³-hybridized carbons (Fsp3) is 0.474. The molecule has 0 spiro atoms. The molecule has 0 unspecified atom stereocenters. The van der Waals surface area contributed by atoms with Crippen LogP contribution in [0.5, 0.6) is 5.75 Å². The molecule has 1 saturated heterocycles. The van der Waals surface area contributed by atoms with E-state index in [1.165, 1.54) is 5.56 Å². The minimum atomic E-state index is -0.0421. The molecule has 0 saturated carbocycles. The van der Waals surface area contributed by atoms with E-state index in [0.717, 1.165) is 38.1 Å². The van der Waals surface area contributed by atoms with Gasteiger partial charge in [-0.05, 0) is 62.9 Å². The second-order valence-electron chi connectivity index (χ2n) is 6.65. The number of nitrogens with zero attached hydrogens (tertiary/aromatic N) is 2. The van der Waals surface area contributed by atoms with E-state index in [1.807, 2.05) is 12.1 Å². The molecule has 2 heterocycles. The maximum Gasteiger partial charge on any atom is 0.239 e. The molecule has 6 heteroatoms. The van der Waals surface area contributed by atoms with Gasteiger partial charge < -0.3 is 14.6 Å². The molecule has 25 heavy (non-hydrogen) atoms. The van der Waals surface area contributed by atoms with Crippen molar-refractivity contribution in [1.82, 2.24) is 10.1 Å². The molecule has 1 aromatic heterocycles. The molecule has 0 atom stereocenters. The van der Waals surface area contributed by atoms with Crippen molar-refractivity contribution in [3.63, 3.8) is 0 Å². The SMILES string of the molecule is COc1cccc(CC2CCN(CC(=O)Nc3cc(C)on3)CC2)c1. The van der Waals surface area contributed by atoms with Crippen molar-refractivity contribution in [3.05, 3.63) is 41.7 Å². The van der Waals surface area contributed by atoms with Crippen LogP contribution in [0.4, 0.5) is 5.82 Å². The molecule has 3 rings (SSSR count). The summed E-state index contributed by atoms with van der Waals surface area (Å²) in [5.41, 5.74) is 1.32.